The average Bonchev–Trinajstić information content (AvgIpc) is 3.14. The summed E-state index contributed by atoms with van der Waals surface area (Å²) >= 11 is 3.38. The van der Waals surface area contributed by atoms with E-state index < -0.39 is 18.0 Å². The van der Waals surface area contributed by atoms with Crippen LogP contribution >= 0.6 is 15.9 Å². The SMILES string of the molecule is Cc1ccc(NC(=O)NC(C(=O)O)C2CC2)cc1Br. The number of aliphatic carboxylic acids is 1. The number of rotatable bonds is 4. The molecule has 102 valence electrons. The lowest BCUT2D eigenvalue weighted by Gasteiger charge is -2.14. The fraction of sp³-hybridized carbons (Fsp3) is 0.385. The third kappa shape index (κ3) is 3.70. The molecule has 0 radical (unpaired) electrons. The zero-order chi connectivity index (χ0) is 14.0. The minimum Gasteiger partial charge on any atom is -0.480 e. The first-order chi connectivity index (χ1) is 8.97. The van der Waals surface area contributed by atoms with Gasteiger partial charge in [-0.05, 0) is 43.4 Å². The zero-order valence-electron chi connectivity index (χ0n) is 10.4. The van der Waals surface area contributed by atoms with Gasteiger partial charge in [-0.3, -0.25) is 0 Å². The number of benzene rings is 1. The van der Waals surface area contributed by atoms with Gasteiger partial charge >= 0.3 is 12.0 Å². The van der Waals surface area contributed by atoms with E-state index in [1.54, 1.807) is 12.1 Å². The van der Waals surface area contributed by atoms with Crippen LogP contribution < -0.4 is 10.6 Å². The van der Waals surface area contributed by atoms with Gasteiger partial charge in [0.2, 0.25) is 0 Å². The maximum Gasteiger partial charge on any atom is 0.326 e. The van der Waals surface area contributed by atoms with Crippen molar-refractivity contribution in [2.75, 3.05) is 5.32 Å². The molecule has 0 spiro atoms. The van der Waals surface area contributed by atoms with E-state index >= 15 is 0 Å². The first-order valence-corrected chi connectivity index (χ1v) is 6.83. The molecule has 0 aromatic heterocycles. The molecule has 1 saturated carbocycles. The average molecular weight is 327 g/mol. The predicted molar refractivity (Wildman–Crippen MR) is 75.2 cm³/mol. The van der Waals surface area contributed by atoms with Gasteiger partial charge in [-0.2, -0.15) is 0 Å². The number of hydrogen-bond donors (Lipinski definition) is 3. The molecule has 1 aliphatic rings. The van der Waals surface area contributed by atoms with Gasteiger partial charge in [-0.1, -0.05) is 22.0 Å². The number of nitrogens with one attached hydrogen (secondary N) is 2. The topological polar surface area (TPSA) is 78.4 Å². The Morgan fingerprint density at radius 2 is 2.11 bits per heavy atom. The van der Waals surface area contributed by atoms with E-state index in [9.17, 15) is 9.59 Å². The van der Waals surface area contributed by atoms with Crippen LogP contribution in [0.2, 0.25) is 0 Å². The zero-order valence-corrected chi connectivity index (χ0v) is 12.0. The van der Waals surface area contributed by atoms with E-state index in [-0.39, 0.29) is 5.92 Å². The van der Waals surface area contributed by atoms with E-state index in [4.69, 9.17) is 5.11 Å². The Morgan fingerprint density at radius 3 is 2.63 bits per heavy atom. The van der Waals surface area contributed by atoms with Crippen LogP contribution in [0.1, 0.15) is 18.4 Å². The molecule has 0 aliphatic heterocycles. The Labute approximate surface area is 119 Å². The minimum atomic E-state index is -0.984. The lowest BCUT2D eigenvalue weighted by molar-refractivity contribution is -0.139. The van der Waals surface area contributed by atoms with Crippen molar-refractivity contribution in [3.05, 3.63) is 28.2 Å². The molecule has 0 bridgehead atoms. The number of amides is 2. The number of urea groups is 1. The van der Waals surface area contributed by atoms with Crippen molar-refractivity contribution in [2.24, 2.45) is 5.92 Å². The summed E-state index contributed by atoms with van der Waals surface area (Å²) in [5.41, 5.74) is 1.68. The maximum absolute atomic E-state index is 11.8. The summed E-state index contributed by atoms with van der Waals surface area (Å²) in [5, 5.41) is 14.2. The molecule has 2 amide bonds. The number of anilines is 1. The van der Waals surface area contributed by atoms with Gasteiger partial charge in [0.1, 0.15) is 6.04 Å². The van der Waals surface area contributed by atoms with E-state index in [1.165, 1.54) is 0 Å². The van der Waals surface area contributed by atoms with E-state index in [1.807, 2.05) is 13.0 Å². The molecule has 0 saturated heterocycles. The molecule has 1 aliphatic carbocycles. The molecular weight excluding hydrogens is 312 g/mol. The second-order valence-corrected chi connectivity index (χ2v) is 5.57. The first-order valence-electron chi connectivity index (χ1n) is 6.04. The highest BCUT2D eigenvalue weighted by molar-refractivity contribution is 9.10. The van der Waals surface area contributed by atoms with E-state index in [0.717, 1.165) is 22.9 Å². The van der Waals surface area contributed by atoms with Gasteiger partial charge in [0.15, 0.2) is 0 Å². The summed E-state index contributed by atoms with van der Waals surface area (Å²) in [4.78, 5) is 22.8. The Morgan fingerprint density at radius 1 is 1.42 bits per heavy atom. The minimum absolute atomic E-state index is 0.0630. The van der Waals surface area contributed by atoms with Crippen molar-refractivity contribution < 1.29 is 14.7 Å². The third-order valence-corrected chi connectivity index (χ3v) is 3.93. The quantitative estimate of drug-likeness (QED) is 0.796. The molecule has 1 aromatic carbocycles. The molecule has 1 aromatic rings. The van der Waals surface area contributed by atoms with Crippen LogP contribution in [-0.4, -0.2) is 23.1 Å². The first kappa shape index (κ1) is 13.9. The van der Waals surface area contributed by atoms with Crippen molar-refractivity contribution in [3.8, 4) is 0 Å². The maximum atomic E-state index is 11.8. The predicted octanol–water partition coefficient (Wildman–Crippen LogP) is 2.74. The lowest BCUT2D eigenvalue weighted by atomic mass is 10.2. The van der Waals surface area contributed by atoms with Crippen LogP contribution in [0.3, 0.4) is 0 Å². The standard InChI is InChI=1S/C13H15BrN2O3/c1-7-2-5-9(6-10(7)14)15-13(19)16-11(12(17)18)8-3-4-8/h2,5-6,8,11H,3-4H2,1H3,(H,17,18)(H2,15,16,19). The molecule has 3 N–H and O–H groups in total. The molecule has 6 heteroatoms. The summed E-state index contributed by atoms with van der Waals surface area (Å²) in [6.45, 7) is 1.95. The second-order valence-electron chi connectivity index (χ2n) is 4.72. The van der Waals surface area contributed by atoms with Crippen molar-refractivity contribution >= 4 is 33.6 Å². The second kappa shape index (κ2) is 5.61. The Hall–Kier alpha value is -1.56. The van der Waals surface area contributed by atoms with Gasteiger partial charge in [0.25, 0.3) is 0 Å². The molecule has 0 heterocycles. The summed E-state index contributed by atoms with van der Waals surface area (Å²) in [6, 6.07) is 4.13. The number of aryl methyl sites for hydroxylation is 1. The highest BCUT2D eigenvalue weighted by atomic mass is 79.9. The molecule has 1 atom stereocenters. The number of hydrogen-bond acceptors (Lipinski definition) is 2. The van der Waals surface area contributed by atoms with Crippen LogP contribution in [0.15, 0.2) is 22.7 Å². The fourth-order valence-electron chi connectivity index (χ4n) is 1.79. The van der Waals surface area contributed by atoms with Crippen LogP contribution in [0.5, 0.6) is 0 Å². The molecule has 1 fully saturated rings. The van der Waals surface area contributed by atoms with Gasteiger partial charge < -0.3 is 15.7 Å². The van der Waals surface area contributed by atoms with Crippen LogP contribution in [-0.2, 0) is 4.79 Å². The largest absolute Gasteiger partial charge is 0.480 e. The lowest BCUT2D eigenvalue weighted by Crippen LogP contribution is -2.44. The summed E-state index contributed by atoms with van der Waals surface area (Å²) in [6.07, 6.45) is 1.71. The number of carbonyl (C=O) groups excluding carboxylic acids is 1. The van der Waals surface area contributed by atoms with Crippen molar-refractivity contribution in [2.45, 2.75) is 25.8 Å². The number of carboxylic acids is 1. The molecule has 1 unspecified atom stereocenters. The number of carboxylic acid groups (broad SMARTS) is 1. The molecule has 19 heavy (non-hydrogen) atoms. The van der Waals surface area contributed by atoms with Crippen LogP contribution in [0.25, 0.3) is 0 Å². The molecule has 5 nitrogen and oxygen atoms in total. The van der Waals surface area contributed by atoms with E-state index in [0.29, 0.717) is 5.69 Å². The highest BCUT2D eigenvalue weighted by Gasteiger charge is 2.37. The van der Waals surface area contributed by atoms with Gasteiger partial charge in [0.05, 0.1) is 0 Å². The highest BCUT2D eigenvalue weighted by Crippen LogP contribution is 2.32. The van der Waals surface area contributed by atoms with Crippen molar-refractivity contribution in [1.29, 1.82) is 0 Å². The smallest absolute Gasteiger partial charge is 0.326 e. The summed E-state index contributed by atoms with van der Waals surface area (Å²) in [7, 11) is 0. The normalized spacial score (nSPS) is 15.7. The molecular formula is C13H15BrN2O3. The monoisotopic (exact) mass is 326 g/mol. The number of carbonyl (C=O) groups is 2. The Bertz CT molecular complexity index is 515. The van der Waals surface area contributed by atoms with Crippen LogP contribution in [0.4, 0.5) is 10.5 Å². The molecule has 2 rings (SSSR count). The third-order valence-electron chi connectivity index (χ3n) is 3.08. The van der Waals surface area contributed by atoms with Crippen LogP contribution in [0, 0.1) is 12.8 Å². The number of halogens is 1. The van der Waals surface area contributed by atoms with Gasteiger partial charge in [0, 0.05) is 10.2 Å². The van der Waals surface area contributed by atoms with Gasteiger partial charge in [-0.15, -0.1) is 0 Å². The van der Waals surface area contributed by atoms with E-state index in [2.05, 4.69) is 26.6 Å². The van der Waals surface area contributed by atoms with Gasteiger partial charge in [-0.25, -0.2) is 9.59 Å². The fourth-order valence-corrected chi connectivity index (χ4v) is 2.17. The summed E-state index contributed by atoms with van der Waals surface area (Å²) in [5.74, 6) is -0.921. The van der Waals surface area contributed by atoms with Crippen molar-refractivity contribution in [3.63, 3.8) is 0 Å². The van der Waals surface area contributed by atoms with Crippen molar-refractivity contribution in [1.82, 2.24) is 5.32 Å². The summed E-state index contributed by atoms with van der Waals surface area (Å²) < 4.78 is 0.891. The Kier molecular flexibility index (Phi) is 4.09. The Balaban J connectivity index is 1.96.